The summed E-state index contributed by atoms with van der Waals surface area (Å²) in [5, 5.41) is 10.6. The highest BCUT2D eigenvalue weighted by molar-refractivity contribution is 5.98. The predicted octanol–water partition coefficient (Wildman–Crippen LogP) is 3.66. The summed E-state index contributed by atoms with van der Waals surface area (Å²) >= 11 is 0. The van der Waals surface area contributed by atoms with Crippen molar-refractivity contribution in [3.63, 3.8) is 0 Å². The fourth-order valence-corrected chi connectivity index (χ4v) is 4.01. The van der Waals surface area contributed by atoms with Crippen molar-refractivity contribution < 1.29 is 24.2 Å². The highest BCUT2D eigenvalue weighted by atomic mass is 16.5. The number of esters is 1. The lowest BCUT2D eigenvalue weighted by molar-refractivity contribution is -0.132. The van der Waals surface area contributed by atoms with Crippen molar-refractivity contribution in [2.45, 2.75) is 59.0 Å². The van der Waals surface area contributed by atoms with Crippen LogP contribution in [-0.4, -0.2) is 42.1 Å². The molecule has 0 aliphatic carbocycles. The SMILES string of the molecule is COc1c(C)c2c(c(O)c1C/C=C(\C)CCC(=O)N1CCCCC1)C(=O)OC2. The lowest BCUT2D eigenvalue weighted by Crippen LogP contribution is -2.35. The van der Waals surface area contributed by atoms with Crippen LogP contribution in [0.2, 0.25) is 0 Å². The van der Waals surface area contributed by atoms with Crippen LogP contribution in [0.15, 0.2) is 11.6 Å². The lowest BCUT2D eigenvalue weighted by Gasteiger charge is -2.26. The van der Waals surface area contributed by atoms with Crippen molar-refractivity contribution in [2.24, 2.45) is 0 Å². The lowest BCUT2D eigenvalue weighted by atomic mass is 9.94. The van der Waals surface area contributed by atoms with E-state index in [1.165, 1.54) is 6.42 Å². The van der Waals surface area contributed by atoms with Gasteiger partial charge in [0.1, 0.15) is 23.7 Å². The highest BCUT2D eigenvalue weighted by Crippen LogP contribution is 2.42. The average molecular weight is 387 g/mol. The molecule has 6 heteroatoms. The molecular formula is C22H29NO5. The molecule has 0 unspecified atom stereocenters. The number of likely N-dealkylation sites (tertiary alicyclic amines) is 1. The van der Waals surface area contributed by atoms with Crippen LogP contribution in [0.1, 0.15) is 66.1 Å². The summed E-state index contributed by atoms with van der Waals surface area (Å²) < 4.78 is 10.6. The predicted molar refractivity (Wildman–Crippen MR) is 106 cm³/mol. The van der Waals surface area contributed by atoms with Gasteiger partial charge in [-0.25, -0.2) is 4.79 Å². The van der Waals surface area contributed by atoms with Gasteiger partial charge in [-0.3, -0.25) is 4.79 Å². The van der Waals surface area contributed by atoms with Gasteiger partial charge in [0, 0.05) is 30.6 Å². The number of hydrogen-bond acceptors (Lipinski definition) is 5. The van der Waals surface area contributed by atoms with E-state index >= 15 is 0 Å². The summed E-state index contributed by atoms with van der Waals surface area (Å²) in [5.41, 5.74) is 3.42. The van der Waals surface area contributed by atoms with Gasteiger partial charge >= 0.3 is 5.97 Å². The van der Waals surface area contributed by atoms with Crippen LogP contribution < -0.4 is 4.74 Å². The Morgan fingerprint density at radius 2 is 1.96 bits per heavy atom. The first-order valence-electron chi connectivity index (χ1n) is 9.95. The number of piperidine rings is 1. The van der Waals surface area contributed by atoms with Crippen LogP contribution in [0, 0.1) is 6.92 Å². The fourth-order valence-electron chi connectivity index (χ4n) is 4.01. The summed E-state index contributed by atoms with van der Waals surface area (Å²) in [6.45, 7) is 5.77. The summed E-state index contributed by atoms with van der Waals surface area (Å²) in [4.78, 5) is 26.3. The number of hydrogen-bond donors (Lipinski definition) is 1. The maximum atomic E-state index is 12.3. The number of phenols is 1. The first kappa shape index (κ1) is 20.2. The molecule has 1 saturated heterocycles. The van der Waals surface area contributed by atoms with Crippen LogP contribution in [0.3, 0.4) is 0 Å². The smallest absolute Gasteiger partial charge is 0.342 e. The molecule has 2 aliphatic heterocycles. The van der Waals surface area contributed by atoms with E-state index in [0.29, 0.717) is 36.1 Å². The monoisotopic (exact) mass is 387 g/mol. The normalized spacial score (nSPS) is 16.8. The molecule has 6 nitrogen and oxygen atoms in total. The molecule has 3 rings (SSSR count). The van der Waals surface area contributed by atoms with Crippen molar-refractivity contribution in [2.75, 3.05) is 20.2 Å². The molecule has 152 valence electrons. The second-order valence-electron chi connectivity index (χ2n) is 7.61. The number of amides is 1. The minimum Gasteiger partial charge on any atom is -0.507 e. The van der Waals surface area contributed by atoms with Crippen LogP contribution in [0.5, 0.6) is 11.5 Å². The van der Waals surface area contributed by atoms with E-state index in [1.54, 1.807) is 7.11 Å². The number of allylic oxidation sites excluding steroid dienone is 2. The molecular weight excluding hydrogens is 358 g/mol. The second kappa shape index (κ2) is 8.67. The van der Waals surface area contributed by atoms with Crippen molar-refractivity contribution in [3.05, 3.63) is 33.9 Å². The van der Waals surface area contributed by atoms with Gasteiger partial charge in [-0.1, -0.05) is 11.6 Å². The number of benzene rings is 1. The zero-order valence-electron chi connectivity index (χ0n) is 17.0. The minimum atomic E-state index is -0.493. The van der Waals surface area contributed by atoms with E-state index in [0.717, 1.165) is 37.1 Å². The second-order valence-corrected chi connectivity index (χ2v) is 7.61. The number of fused-ring (bicyclic) bond motifs is 1. The third kappa shape index (κ3) is 4.01. The molecule has 0 aromatic heterocycles. The van der Waals surface area contributed by atoms with Gasteiger partial charge in [-0.15, -0.1) is 0 Å². The Balaban J connectivity index is 1.71. The number of aromatic hydroxyl groups is 1. The van der Waals surface area contributed by atoms with Crippen molar-refractivity contribution >= 4 is 11.9 Å². The third-order valence-electron chi connectivity index (χ3n) is 5.74. The molecule has 2 heterocycles. The number of nitrogens with zero attached hydrogens (tertiary/aromatic N) is 1. The number of carbonyl (C=O) groups is 2. The van der Waals surface area contributed by atoms with E-state index in [1.807, 2.05) is 24.8 Å². The quantitative estimate of drug-likeness (QED) is 0.595. The van der Waals surface area contributed by atoms with E-state index in [4.69, 9.17) is 9.47 Å². The number of phenolic OH excluding ortho intramolecular Hbond substituents is 1. The minimum absolute atomic E-state index is 0.0617. The van der Waals surface area contributed by atoms with Crippen LogP contribution in [0.4, 0.5) is 0 Å². The molecule has 0 saturated carbocycles. The Hall–Kier alpha value is -2.50. The van der Waals surface area contributed by atoms with Crippen molar-refractivity contribution in [1.82, 2.24) is 4.90 Å². The molecule has 1 fully saturated rings. The van der Waals surface area contributed by atoms with E-state index < -0.39 is 5.97 Å². The molecule has 0 spiro atoms. The Morgan fingerprint density at radius 3 is 2.64 bits per heavy atom. The zero-order chi connectivity index (χ0) is 20.3. The van der Waals surface area contributed by atoms with Gasteiger partial charge < -0.3 is 19.5 Å². The number of cyclic esters (lactones) is 1. The Kier molecular flexibility index (Phi) is 6.27. The van der Waals surface area contributed by atoms with E-state index in [-0.39, 0.29) is 23.8 Å². The van der Waals surface area contributed by atoms with Crippen LogP contribution in [0.25, 0.3) is 0 Å². The Morgan fingerprint density at radius 1 is 1.25 bits per heavy atom. The summed E-state index contributed by atoms with van der Waals surface area (Å²) in [7, 11) is 1.56. The van der Waals surface area contributed by atoms with Gasteiger partial charge in [0.2, 0.25) is 5.91 Å². The van der Waals surface area contributed by atoms with Crippen molar-refractivity contribution in [1.29, 1.82) is 0 Å². The maximum absolute atomic E-state index is 12.3. The fraction of sp³-hybridized carbons (Fsp3) is 0.545. The van der Waals surface area contributed by atoms with Gasteiger partial charge in [0.05, 0.1) is 7.11 Å². The summed E-state index contributed by atoms with van der Waals surface area (Å²) in [6.07, 6.45) is 7.01. The van der Waals surface area contributed by atoms with Gasteiger partial charge in [-0.2, -0.15) is 0 Å². The summed E-state index contributed by atoms with van der Waals surface area (Å²) in [5.74, 6) is 0.243. The third-order valence-corrected chi connectivity index (χ3v) is 5.74. The molecule has 0 radical (unpaired) electrons. The summed E-state index contributed by atoms with van der Waals surface area (Å²) in [6, 6.07) is 0. The van der Waals surface area contributed by atoms with Gasteiger partial charge in [-0.05, 0) is 51.5 Å². The molecule has 0 bridgehead atoms. The standard InChI is InChI=1S/C22H29NO5/c1-14(8-10-18(24)23-11-5-4-6-12-23)7-9-16-20(25)19-17(13-28-22(19)26)15(2)21(16)27-3/h7,25H,4-6,8-13H2,1-3H3/b14-7+. The first-order valence-corrected chi connectivity index (χ1v) is 9.95. The van der Waals surface area contributed by atoms with Gasteiger partial charge in [0.25, 0.3) is 0 Å². The molecule has 1 N–H and O–H groups in total. The van der Waals surface area contributed by atoms with Crippen molar-refractivity contribution in [3.8, 4) is 11.5 Å². The molecule has 2 aliphatic rings. The number of rotatable bonds is 6. The largest absolute Gasteiger partial charge is 0.507 e. The highest BCUT2D eigenvalue weighted by Gasteiger charge is 2.31. The van der Waals surface area contributed by atoms with Gasteiger partial charge in [0.15, 0.2) is 0 Å². The maximum Gasteiger partial charge on any atom is 0.342 e. The van der Waals surface area contributed by atoms with E-state index in [9.17, 15) is 14.7 Å². The molecule has 1 aromatic rings. The number of ether oxygens (including phenoxy) is 2. The number of methoxy groups -OCH3 is 1. The molecule has 1 amide bonds. The zero-order valence-corrected chi connectivity index (χ0v) is 17.0. The number of carbonyl (C=O) groups excluding carboxylic acids is 2. The topological polar surface area (TPSA) is 76.1 Å². The van der Waals surface area contributed by atoms with Crippen LogP contribution >= 0.6 is 0 Å². The first-order chi connectivity index (χ1) is 13.4. The Bertz CT molecular complexity index is 806. The molecule has 1 aromatic carbocycles. The Labute approximate surface area is 166 Å². The van der Waals surface area contributed by atoms with E-state index in [2.05, 4.69) is 0 Å². The molecule has 28 heavy (non-hydrogen) atoms. The average Bonchev–Trinajstić information content (AvgIpc) is 3.10. The van der Waals surface area contributed by atoms with Crippen LogP contribution in [-0.2, 0) is 22.6 Å². The molecule has 0 atom stereocenters.